The first-order valence-corrected chi connectivity index (χ1v) is 10.2. The van der Waals surface area contributed by atoms with Crippen LogP contribution >= 0.6 is 0 Å². The van der Waals surface area contributed by atoms with Gasteiger partial charge in [0.2, 0.25) is 5.91 Å². The number of hydrogen-bond donors (Lipinski definition) is 0. The molecule has 1 aromatic carbocycles. The number of aromatic nitrogens is 2. The predicted molar refractivity (Wildman–Crippen MR) is 110 cm³/mol. The molecule has 7 heteroatoms. The number of pyridine rings is 2. The molecule has 0 aliphatic carbocycles. The minimum Gasteiger partial charge on any atom is -0.334 e. The third kappa shape index (κ3) is 5.10. The Morgan fingerprint density at radius 1 is 1.03 bits per heavy atom. The van der Waals surface area contributed by atoms with E-state index in [0.717, 1.165) is 47.5 Å². The van der Waals surface area contributed by atoms with Crippen molar-refractivity contribution in [2.75, 3.05) is 6.54 Å². The molecule has 3 aromatic rings. The SMILES string of the molecule is O=C(Cc1cccnc1)N1CCC[C@H]1c1cccc(Cc2ccc(C(F)(F)F)cc2)n1. The van der Waals surface area contributed by atoms with Crippen LogP contribution in [-0.2, 0) is 23.8 Å². The lowest BCUT2D eigenvalue weighted by Gasteiger charge is -2.25. The van der Waals surface area contributed by atoms with E-state index < -0.39 is 11.7 Å². The molecule has 1 aliphatic rings. The molecule has 1 atom stereocenters. The van der Waals surface area contributed by atoms with Gasteiger partial charge in [0.05, 0.1) is 23.7 Å². The van der Waals surface area contributed by atoms with Crippen LogP contribution < -0.4 is 0 Å². The molecule has 4 nitrogen and oxygen atoms in total. The lowest BCUT2D eigenvalue weighted by molar-refractivity contribution is -0.137. The van der Waals surface area contributed by atoms with Gasteiger partial charge in [-0.25, -0.2) is 0 Å². The van der Waals surface area contributed by atoms with E-state index in [2.05, 4.69) is 4.98 Å². The fourth-order valence-electron chi connectivity index (χ4n) is 3.95. The number of carbonyl (C=O) groups is 1. The van der Waals surface area contributed by atoms with Gasteiger partial charge in [0.15, 0.2) is 0 Å². The van der Waals surface area contributed by atoms with Gasteiger partial charge in [-0.15, -0.1) is 0 Å². The summed E-state index contributed by atoms with van der Waals surface area (Å²) in [5.41, 5.74) is 2.56. The zero-order valence-electron chi connectivity index (χ0n) is 16.8. The van der Waals surface area contributed by atoms with Crippen LogP contribution in [0.2, 0.25) is 0 Å². The second-order valence-electron chi connectivity index (χ2n) is 7.71. The standard InChI is InChI=1S/C24H22F3N3O/c25-24(26,27)19-10-8-17(9-11-19)14-20-5-1-6-21(29-20)22-7-3-13-30(22)23(31)15-18-4-2-12-28-16-18/h1-2,4-6,8-12,16,22H,3,7,13-15H2/t22-/m0/s1. The van der Waals surface area contributed by atoms with Gasteiger partial charge in [-0.3, -0.25) is 14.8 Å². The normalized spacial score (nSPS) is 16.5. The molecule has 0 bridgehead atoms. The van der Waals surface area contributed by atoms with Gasteiger partial charge in [-0.2, -0.15) is 13.2 Å². The molecule has 0 saturated carbocycles. The molecule has 160 valence electrons. The van der Waals surface area contributed by atoms with Gasteiger partial charge in [-0.05, 0) is 54.3 Å². The third-order valence-electron chi connectivity index (χ3n) is 5.49. The van der Waals surface area contributed by atoms with Crippen LogP contribution in [0.15, 0.2) is 67.0 Å². The topological polar surface area (TPSA) is 46.1 Å². The van der Waals surface area contributed by atoms with Crippen LogP contribution in [0.1, 0.15) is 47.0 Å². The minimum atomic E-state index is -4.34. The lowest BCUT2D eigenvalue weighted by atomic mass is 10.0. The van der Waals surface area contributed by atoms with Crippen molar-refractivity contribution in [1.29, 1.82) is 0 Å². The molecule has 0 unspecified atom stereocenters. The van der Waals surface area contributed by atoms with Crippen molar-refractivity contribution in [3.8, 4) is 0 Å². The third-order valence-corrected chi connectivity index (χ3v) is 5.49. The highest BCUT2D eigenvalue weighted by Crippen LogP contribution is 2.32. The number of benzene rings is 1. The van der Waals surface area contributed by atoms with E-state index in [1.807, 2.05) is 35.2 Å². The molecule has 31 heavy (non-hydrogen) atoms. The summed E-state index contributed by atoms with van der Waals surface area (Å²) in [5, 5.41) is 0. The Kier molecular flexibility index (Phi) is 6.02. The van der Waals surface area contributed by atoms with E-state index >= 15 is 0 Å². The van der Waals surface area contributed by atoms with E-state index in [9.17, 15) is 18.0 Å². The van der Waals surface area contributed by atoms with Crippen LogP contribution in [-0.4, -0.2) is 27.3 Å². The fourth-order valence-corrected chi connectivity index (χ4v) is 3.95. The monoisotopic (exact) mass is 425 g/mol. The van der Waals surface area contributed by atoms with Crippen molar-refractivity contribution in [1.82, 2.24) is 14.9 Å². The quantitative estimate of drug-likeness (QED) is 0.578. The highest BCUT2D eigenvalue weighted by Gasteiger charge is 2.31. The smallest absolute Gasteiger partial charge is 0.334 e. The van der Waals surface area contributed by atoms with E-state index in [0.29, 0.717) is 19.4 Å². The Morgan fingerprint density at radius 2 is 1.84 bits per heavy atom. The van der Waals surface area contributed by atoms with E-state index in [1.54, 1.807) is 12.4 Å². The van der Waals surface area contributed by atoms with Crippen LogP contribution in [0.4, 0.5) is 13.2 Å². The zero-order chi connectivity index (χ0) is 21.8. The molecular weight excluding hydrogens is 403 g/mol. The van der Waals surface area contributed by atoms with Crippen molar-refractivity contribution in [3.05, 3.63) is 95.1 Å². The summed E-state index contributed by atoms with van der Waals surface area (Å²) in [6.45, 7) is 0.689. The molecule has 1 saturated heterocycles. The number of carbonyl (C=O) groups excluding carboxylic acids is 1. The van der Waals surface area contributed by atoms with Crippen molar-refractivity contribution < 1.29 is 18.0 Å². The van der Waals surface area contributed by atoms with Gasteiger partial charge < -0.3 is 4.90 Å². The van der Waals surface area contributed by atoms with Crippen LogP contribution in [0, 0.1) is 0 Å². The lowest BCUT2D eigenvalue weighted by Crippen LogP contribution is -2.32. The number of amides is 1. The Hall–Kier alpha value is -3.22. The summed E-state index contributed by atoms with van der Waals surface area (Å²) in [6, 6.07) is 14.4. The van der Waals surface area contributed by atoms with Crippen LogP contribution in [0.5, 0.6) is 0 Å². The first-order chi connectivity index (χ1) is 14.9. The summed E-state index contributed by atoms with van der Waals surface area (Å²) in [5.74, 6) is 0.0467. The Bertz CT molecular complexity index is 1040. The molecule has 0 radical (unpaired) electrons. The maximum absolute atomic E-state index is 12.9. The minimum absolute atomic E-state index is 0.0467. The van der Waals surface area contributed by atoms with Crippen LogP contribution in [0.3, 0.4) is 0 Å². The van der Waals surface area contributed by atoms with Gasteiger partial charge in [0, 0.05) is 31.1 Å². The first-order valence-electron chi connectivity index (χ1n) is 10.2. The number of likely N-dealkylation sites (tertiary alicyclic amines) is 1. The fraction of sp³-hybridized carbons (Fsp3) is 0.292. The summed E-state index contributed by atoms with van der Waals surface area (Å²) < 4.78 is 38.3. The highest BCUT2D eigenvalue weighted by molar-refractivity contribution is 5.79. The van der Waals surface area contributed by atoms with E-state index in [1.165, 1.54) is 12.1 Å². The number of nitrogens with zero attached hydrogens (tertiary/aromatic N) is 3. The van der Waals surface area contributed by atoms with Gasteiger partial charge in [-0.1, -0.05) is 24.3 Å². The number of alkyl halides is 3. The molecular formula is C24H22F3N3O. The van der Waals surface area contributed by atoms with E-state index in [-0.39, 0.29) is 11.9 Å². The van der Waals surface area contributed by atoms with Crippen molar-refractivity contribution >= 4 is 5.91 Å². The maximum Gasteiger partial charge on any atom is 0.416 e. The second kappa shape index (κ2) is 8.88. The zero-order valence-corrected chi connectivity index (χ0v) is 16.8. The molecule has 4 rings (SSSR count). The molecule has 3 heterocycles. The Morgan fingerprint density at radius 3 is 2.55 bits per heavy atom. The van der Waals surface area contributed by atoms with Gasteiger partial charge in [0.25, 0.3) is 0 Å². The Labute approximate surface area is 178 Å². The van der Waals surface area contributed by atoms with Gasteiger partial charge >= 0.3 is 6.18 Å². The molecule has 0 spiro atoms. The molecule has 2 aromatic heterocycles. The molecule has 1 fully saturated rings. The number of halogens is 3. The number of hydrogen-bond acceptors (Lipinski definition) is 3. The first kappa shape index (κ1) is 21.0. The molecule has 1 aliphatic heterocycles. The summed E-state index contributed by atoms with van der Waals surface area (Å²) in [6.07, 6.45) is 1.53. The maximum atomic E-state index is 12.9. The highest BCUT2D eigenvalue weighted by atomic mass is 19.4. The molecule has 1 amide bonds. The predicted octanol–water partition coefficient (Wildman–Crippen LogP) is 4.99. The van der Waals surface area contributed by atoms with Crippen molar-refractivity contribution in [2.45, 2.75) is 37.9 Å². The average molecular weight is 425 g/mol. The van der Waals surface area contributed by atoms with Crippen LogP contribution in [0.25, 0.3) is 0 Å². The average Bonchev–Trinajstić information content (AvgIpc) is 3.25. The van der Waals surface area contributed by atoms with Gasteiger partial charge in [0.1, 0.15) is 0 Å². The van der Waals surface area contributed by atoms with Crippen molar-refractivity contribution in [3.63, 3.8) is 0 Å². The summed E-state index contributed by atoms with van der Waals surface area (Å²) in [7, 11) is 0. The molecule has 0 N–H and O–H groups in total. The van der Waals surface area contributed by atoms with Crippen molar-refractivity contribution in [2.24, 2.45) is 0 Å². The Balaban J connectivity index is 1.47. The summed E-state index contributed by atoms with van der Waals surface area (Å²) >= 11 is 0. The van der Waals surface area contributed by atoms with E-state index in [4.69, 9.17) is 4.98 Å². The number of rotatable bonds is 5. The largest absolute Gasteiger partial charge is 0.416 e. The summed E-state index contributed by atoms with van der Waals surface area (Å²) in [4.78, 5) is 23.5. The second-order valence-corrected chi connectivity index (χ2v) is 7.71.